The highest BCUT2D eigenvalue weighted by atomic mass is 16.5. The first-order valence-electron chi connectivity index (χ1n) is 4.97. The molecule has 1 unspecified atom stereocenters. The molecular formula is C10H20O3. The van der Waals surface area contributed by atoms with E-state index in [1.165, 1.54) is 0 Å². The second kappa shape index (κ2) is 8.05. The van der Waals surface area contributed by atoms with Gasteiger partial charge < -0.3 is 9.84 Å². The predicted octanol–water partition coefficient (Wildman–Crippen LogP) is 1.74. The highest BCUT2D eigenvalue weighted by Crippen LogP contribution is 2.12. The summed E-state index contributed by atoms with van der Waals surface area (Å²) in [6.07, 6.45) is 3.17. The van der Waals surface area contributed by atoms with E-state index in [2.05, 4.69) is 6.92 Å². The van der Waals surface area contributed by atoms with Gasteiger partial charge in [-0.05, 0) is 32.1 Å². The molecule has 0 aliphatic rings. The van der Waals surface area contributed by atoms with Crippen LogP contribution in [0.2, 0.25) is 0 Å². The lowest BCUT2D eigenvalue weighted by atomic mass is 10.0. The summed E-state index contributed by atoms with van der Waals surface area (Å²) in [5.74, 6) is 0.384. The van der Waals surface area contributed by atoms with E-state index in [0.29, 0.717) is 18.9 Å². The molecule has 0 aromatic rings. The fourth-order valence-electron chi connectivity index (χ4n) is 1.18. The first-order chi connectivity index (χ1) is 6.20. The molecule has 0 heterocycles. The van der Waals surface area contributed by atoms with Gasteiger partial charge in [0.2, 0.25) is 0 Å². The number of ether oxygens (including phenoxy) is 1. The molecule has 0 radical (unpaired) electrons. The van der Waals surface area contributed by atoms with Crippen molar-refractivity contribution in [1.29, 1.82) is 0 Å². The zero-order valence-corrected chi connectivity index (χ0v) is 8.58. The SMILES string of the molecule is CCOC(=O)CCC(C)CCCO. The largest absolute Gasteiger partial charge is 0.466 e. The summed E-state index contributed by atoms with van der Waals surface area (Å²) in [5.41, 5.74) is 0. The number of carbonyl (C=O) groups is 1. The van der Waals surface area contributed by atoms with Crippen LogP contribution in [0.5, 0.6) is 0 Å². The number of carbonyl (C=O) groups excluding carboxylic acids is 1. The molecular weight excluding hydrogens is 168 g/mol. The minimum Gasteiger partial charge on any atom is -0.466 e. The Hall–Kier alpha value is -0.570. The fourth-order valence-corrected chi connectivity index (χ4v) is 1.18. The van der Waals surface area contributed by atoms with Gasteiger partial charge in [-0.2, -0.15) is 0 Å². The van der Waals surface area contributed by atoms with Gasteiger partial charge in [0.15, 0.2) is 0 Å². The Morgan fingerprint density at radius 2 is 2.15 bits per heavy atom. The Kier molecular flexibility index (Phi) is 7.69. The molecule has 0 saturated heterocycles. The molecule has 0 aromatic heterocycles. The van der Waals surface area contributed by atoms with E-state index >= 15 is 0 Å². The second-order valence-electron chi connectivity index (χ2n) is 3.31. The zero-order valence-electron chi connectivity index (χ0n) is 8.58. The zero-order chi connectivity index (χ0) is 10.1. The molecule has 1 atom stereocenters. The van der Waals surface area contributed by atoms with Gasteiger partial charge >= 0.3 is 5.97 Å². The van der Waals surface area contributed by atoms with Crippen molar-refractivity contribution >= 4 is 5.97 Å². The molecule has 0 saturated carbocycles. The average Bonchev–Trinajstić information content (AvgIpc) is 2.12. The number of esters is 1. The van der Waals surface area contributed by atoms with Gasteiger partial charge in [-0.15, -0.1) is 0 Å². The molecule has 0 aliphatic carbocycles. The van der Waals surface area contributed by atoms with Gasteiger partial charge in [-0.1, -0.05) is 6.92 Å². The third kappa shape index (κ3) is 7.78. The van der Waals surface area contributed by atoms with Crippen LogP contribution in [0.25, 0.3) is 0 Å². The second-order valence-corrected chi connectivity index (χ2v) is 3.31. The van der Waals surface area contributed by atoms with Crippen molar-refractivity contribution in [3.05, 3.63) is 0 Å². The first-order valence-corrected chi connectivity index (χ1v) is 4.97. The van der Waals surface area contributed by atoms with Crippen molar-refractivity contribution in [2.75, 3.05) is 13.2 Å². The maximum absolute atomic E-state index is 10.9. The molecule has 3 heteroatoms. The minimum atomic E-state index is -0.113. The van der Waals surface area contributed by atoms with Crippen molar-refractivity contribution in [3.8, 4) is 0 Å². The summed E-state index contributed by atoms with van der Waals surface area (Å²) in [6, 6.07) is 0. The minimum absolute atomic E-state index is 0.113. The van der Waals surface area contributed by atoms with Crippen molar-refractivity contribution in [2.24, 2.45) is 5.92 Å². The Morgan fingerprint density at radius 1 is 1.46 bits per heavy atom. The first kappa shape index (κ1) is 12.4. The van der Waals surface area contributed by atoms with Crippen LogP contribution in [0.3, 0.4) is 0 Å². The molecule has 0 aromatic carbocycles. The van der Waals surface area contributed by atoms with E-state index in [0.717, 1.165) is 19.3 Å². The van der Waals surface area contributed by atoms with E-state index in [-0.39, 0.29) is 12.6 Å². The third-order valence-electron chi connectivity index (χ3n) is 2.00. The fraction of sp³-hybridized carbons (Fsp3) is 0.900. The summed E-state index contributed by atoms with van der Waals surface area (Å²) in [4.78, 5) is 10.9. The Labute approximate surface area is 80.1 Å². The Bertz CT molecular complexity index is 134. The van der Waals surface area contributed by atoms with E-state index in [9.17, 15) is 4.79 Å². The smallest absolute Gasteiger partial charge is 0.305 e. The molecule has 0 aliphatic heterocycles. The van der Waals surface area contributed by atoms with Crippen LogP contribution in [0.4, 0.5) is 0 Å². The molecule has 0 bridgehead atoms. The molecule has 78 valence electrons. The monoisotopic (exact) mass is 188 g/mol. The normalized spacial score (nSPS) is 12.5. The summed E-state index contributed by atoms with van der Waals surface area (Å²) in [7, 11) is 0. The van der Waals surface area contributed by atoms with Gasteiger partial charge in [-0.3, -0.25) is 4.79 Å². The molecule has 3 nitrogen and oxygen atoms in total. The van der Waals surface area contributed by atoms with Crippen LogP contribution in [0.1, 0.15) is 39.5 Å². The van der Waals surface area contributed by atoms with Gasteiger partial charge in [0.25, 0.3) is 0 Å². The summed E-state index contributed by atoms with van der Waals surface area (Å²) in [5, 5.41) is 8.59. The number of hydrogen-bond donors (Lipinski definition) is 1. The van der Waals surface area contributed by atoms with Gasteiger partial charge in [0, 0.05) is 13.0 Å². The van der Waals surface area contributed by atoms with Crippen LogP contribution in [0, 0.1) is 5.92 Å². The lowest BCUT2D eigenvalue weighted by molar-refractivity contribution is -0.143. The standard InChI is InChI=1S/C10H20O3/c1-3-13-10(12)7-6-9(2)5-4-8-11/h9,11H,3-8H2,1-2H3. The van der Waals surface area contributed by atoms with Gasteiger partial charge in [0.1, 0.15) is 0 Å². The topological polar surface area (TPSA) is 46.5 Å². The van der Waals surface area contributed by atoms with E-state index in [1.807, 2.05) is 6.92 Å². The molecule has 1 N–H and O–H groups in total. The van der Waals surface area contributed by atoms with Gasteiger partial charge in [-0.25, -0.2) is 0 Å². The molecule has 0 spiro atoms. The van der Waals surface area contributed by atoms with Crippen LogP contribution in [-0.4, -0.2) is 24.3 Å². The quantitative estimate of drug-likeness (QED) is 0.619. The Morgan fingerprint density at radius 3 is 2.69 bits per heavy atom. The number of rotatable bonds is 7. The van der Waals surface area contributed by atoms with E-state index < -0.39 is 0 Å². The highest BCUT2D eigenvalue weighted by Gasteiger charge is 2.06. The third-order valence-corrected chi connectivity index (χ3v) is 2.00. The van der Waals surface area contributed by atoms with Crippen molar-refractivity contribution in [1.82, 2.24) is 0 Å². The molecule has 0 fully saturated rings. The number of aliphatic hydroxyl groups excluding tert-OH is 1. The predicted molar refractivity (Wildman–Crippen MR) is 51.4 cm³/mol. The van der Waals surface area contributed by atoms with E-state index in [4.69, 9.17) is 9.84 Å². The lowest BCUT2D eigenvalue weighted by Crippen LogP contribution is -2.06. The maximum Gasteiger partial charge on any atom is 0.305 e. The van der Waals surface area contributed by atoms with Crippen molar-refractivity contribution in [3.63, 3.8) is 0 Å². The molecule has 0 amide bonds. The lowest BCUT2D eigenvalue weighted by Gasteiger charge is -2.09. The van der Waals surface area contributed by atoms with Crippen LogP contribution in [-0.2, 0) is 9.53 Å². The summed E-state index contributed by atoms with van der Waals surface area (Å²) < 4.78 is 4.81. The van der Waals surface area contributed by atoms with Crippen molar-refractivity contribution < 1.29 is 14.6 Å². The van der Waals surface area contributed by atoms with Crippen LogP contribution in [0.15, 0.2) is 0 Å². The summed E-state index contributed by atoms with van der Waals surface area (Å²) >= 11 is 0. The maximum atomic E-state index is 10.9. The average molecular weight is 188 g/mol. The Balaban J connectivity index is 3.34. The van der Waals surface area contributed by atoms with Crippen LogP contribution >= 0.6 is 0 Å². The van der Waals surface area contributed by atoms with Crippen molar-refractivity contribution in [2.45, 2.75) is 39.5 Å². The van der Waals surface area contributed by atoms with E-state index in [1.54, 1.807) is 0 Å². The molecule has 0 rings (SSSR count). The highest BCUT2D eigenvalue weighted by molar-refractivity contribution is 5.69. The number of aliphatic hydroxyl groups is 1. The number of hydrogen-bond acceptors (Lipinski definition) is 3. The summed E-state index contributed by atoms with van der Waals surface area (Å²) in [6.45, 7) is 4.61. The van der Waals surface area contributed by atoms with Gasteiger partial charge in [0.05, 0.1) is 6.61 Å². The molecule has 13 heavy (non-hydrogen) atoms. The van der Waals surface area contributed by atoms with Crippen LogP contribution < -0.4 is 0 Å².